The highest BCUT2D eigenvalue weighted by atomic mass is 31.2. The topological polar surface area (TPSA) is 114 Å². The Kier molecular flexibility index (Phi) is 61.6. The monoisotopic (exact) mass is 1210 g/mol. The number of rotatable bonds is 64. The Morgan fingerprint density at radius 3 is 1.14 bits per heavy atom. The number of hydrogen-bond acceptors (Lipinski definition) is 7. The number of allylic oxidation sites excluding steroid dienone is 15. The van der Waals surface area contributed by atoms with Gasteiger partial charge in [0.15, 0.2) is 0 Å². The lowest BCUT2D eigenvalue weighted by molar-refractivity contribution is -0.870. The molecule has 9 nitrogen and oxygen atoms in total. The predicted molar refractivity (Wildman–Crippen MR) is 367 cm³/mol. The standard InChI is InChI=1S/C75H135N2O7P/c1-7-10-13-16-19-22-25-28-30-32-34-36-37-38-39-41-43-45-47-50-53-56-59-62-65-68-75(79)84-73(66-63-60-57-54-51-48-27-24-21-18-15-12-9-3)72(71-83-85(80,81)82-70-69-77(4,5)6)76-74(78)67-64-61-58-55-52-49-46-44-42-40-35-33-31-29-26-23-20-17-14-11-8-2/h10,13,19,22,28-31,34,36,38-39,43,45,63,66,72-73H,7-9,11-12,14-18,20-21,23-27,32-33,35,37,40-42,44,46-62,64-65,67-71H2,1-6H3,(H-,76,78,80,81)/b13-10-,22-19-,30-28-,31-29+,36-34-,39-38-,45-43-,66-63+. The molecule has 0 aliphatic rings. The van der Waals surface area contributed by atoms with Gasteiger partial charge in [-0.2, -0.15) is 0 Å². The summed E-state index contributed by atoms with van der Waals surface area (Å²) in [5.41, 5.74) is 0. The van der Waals surface area contributed by atoms with Crippen LogP contribution in [0.3, 0.4) is 0 Å². The highest BCUT2D eigenvalue weighted by molar-refractivity contribution is 7.45. The van der Waals surface area contributed by atoms with Crippen molar-refractivity contribution < 1.29 is 37.3 Å². The van der Waals surface area contributed by atoms with Gasteiger partial charge in [-0.15, -0.1) is 0 Å². The largest absolute Gasteiger partial charge is 0.756 e. The third kappa shape index (κ3) is 65.2. The zero-order chi connectivity index (χ0) is 62.1. The van der Waals surface area contributed by atoms with Crippen LogP contribution in [0.5, 0.6) is 0 Å². The quantitative estimate of drug-likeness (QED) is 0.0212. The minimum Gasteiger partial charge on any atom is -0.756 e. The second-order valence-corrected chi connectivity index (χ2v) is 26.4. The van der Waals surface area contributed by atoms with Crippen LogP contribution in [0.25, 0.3) is 0 Å². The Hall–Kier alpha value is -3.07. The van der Waals surface area contributed by atoms with E-state index in [1.54, 1.807) is 0 Å². The molecule has 0 fully saturated rings. The molecule has 3 atom stereocenters. The first-order valence-corrected chi connectivity index (χ1v) is 37.0. The average Bonchev–Trinajstić information content (AvgIpc) is 3.48. The molecule has 492 valence electrons. The summed E-state index contributed by atoms with van der Waals surface area (Å²) in [4.78, 5) is 40.2. The first kappa shape index (κ1) is 81.9. The molecule has 0 rings (SSSR count). The zero-order valence-electron chi connectivity index (χ0n) is 56.3. The second-order valence-electron chi connectivity index (χ2n) is 25.0. The van der Waals surface area contributed by atoms with Crippen LogP contribution >= 0.6 is 7.82 Å². The lowest BCUT2D eigenvalue weighted by Gasteiger charge is -2.30. The lowest BCUT2D eigenvalue weighted by atomic mass is 10.0. The van der Waals surface area contributed by atoms with Crippen LogP contribution in [0.4, 0.5) is 0 Å². The van der Waals surface area contributed by atoms with E-state index in [1.807, 2.05) is 33.3 Å². The van der Waals surface area contributed by atoms with Crippen molar-refractivity contribution in [3.8, 4) is 0 Å². The molecule has 0 radical (unpaired) electrons. The van der Waals surface area contributed by atoms with Gasteiger partial charge in [-0.1, -0.05) is 292 Å². The summed E-state index contributed by atoms with van der Waals surface area (Å²) in [6.07, 6.45) is 86.6. The maximum Gasteiger partial charge on any atom is 0.306 e. The van der Waals surface area contributed by atoms with Crippen molar-refractivity contribution >= 4 is 19.7 Å². The summed E-state index contributed by atoms with van der Waals surface area (Å²) in [6.45, 7) is 6.74. The summed E-state index contributed by atoms with van der Waals surface area (Å²) in [5.74, 6) is -0.554. The molecule has 0 aliphatic carbocycles. The molecule has 0 spiro atoms. The van der Waals surface area contributed by atoms with Gasteiger partial charge in [0.1, 0.15) is 19.3 Å². The molecule has 0 heterocycles. The SMILES string of the molecule is CC/C=C\C/C=C\C/C=C\C/C=C\C/C=C\C/C=C\CCCCCCCCC(=O)OC(/C=C/CCCCCCCCCCCCC)C(COP(=O)([O-])OCC[N+](C)(C)C)NC(=O)CCCCCCCCCCCCC/C=C/CCCCCCCC. The molecular weight excluding hydrogens is 1070 g/mol. The number of phosphoric acid groups is 1. The molecule has 0 saturated carbocycles. The molecule has 0 aromatic carbocycles. The number of nitrogens with one attached hydrogen (secondary N) is 1. The van der Waals surface area contributed by atoms with Gasteiger partial charge >= 0.3 is 5.97 Å². The van der Waals surface area contributed by atoms with Gasteiger partial charge in [0.2, 0.25) is 5.91 Å². The molecule has 85 heavy (non-hydrogen) atoms. The van der Waals surface area contributed by atoms with Crippen molar-refractivity contribution in [2.24, 2.45) is 0 Å². The van der Waals surface area contributed by atoms with Crippen molar-refractivity contribution in [1.29, 1.82) is 0 Å². The van der Waals surface area contributed by atoms with E-state index in [2.05, 4.69) is 111 Å². The lowest BCUT2D eigenvalue weighted by Crippen LogP contribution is -2.47. The number of carbonyl (C=O) groups is 2. The summed E-state index contributed by atoms with van der Waals surface area (Å²) >= 11 is 0. The normalized spacial score (nSPS) is 14.1. The van der Waals surface area contributed by atoms with Crippen molar-refractivity contribution in [2.45, 2.75) is 328 Å². The van der Waals surface area contributed by atoms with Crippen LogP contribution in [0.15, 0.2) is 97.2 Å². The number of carbonyl (C=O) groups excluding carboxylic acids is 2. The molecule has 10 heteroatoms. The Bertz CT molecular complexity index is 1780. The van der Waals surface area contributed by atoms with Crippen LogP contribution in [-0.2, 0) is 27.9 Å². The van der Waals surface area contributed by atoms with Crippen LogP contribution in [0, 0.1) is 0 Å². The van der Waals surface area contributed by atoms with E-state index in [1.165, 1.54) is 161 Å². The Labute approximate surface area is 526 Å². The molecular formula is C75H135N2O7P. The van der Waals surface area contributed by atoms with E-state index >= 15 is 0 Å². The molecule has 3 unspecified atom stereocenters. The summed E-state index contributed by atoms with van der Waals surface area (Å²) in [7, 11) is 1.17. The van der Waals surface area contributed by atoms with Gasteiger partial charge in [-0.25, -0.2) is 0 Å². The number of unbranched alkanes of at least 4 members (excludes halogenated alkanes) is 34. The molecule has 0 aliphatic heterocycles. The van der Waals surface area contributed by atoms with E-state index in [-0.39, 0.29) is 24.9 Å². The highest BCUT2D eigenvalue weighted by Crippen LogP contribution is 2.38. The average molecular weight is 1210 g/mol. The third-order valence-electron chi connectivity index (χ3n) is 15.5. The second kappa shape index (κ2) is 63.9. The van der Waals surface area contributed by atoms with E-state index in [9.17, 15) is 19.0 Å². The fourth-order valence-corrected chi connectivity index (χ4v) is 10.8. The Morgan fingerprint density at radius 1 is 0.424 bits per heavy atom. The molecule has 0 aromatic heterocycles. The van der Waals surface area contributed by atoms with E-state index in [4.69, 9.17) is 13.8 Å². The summed E-state index contributed by atoms with van der Waals surface area (Å²) < 4.78 is 30.5. The first-order chi connectivity index (χ1) is 41.4. The number of quaternary nitrogens is 1. The Balaban J connectivity index is 5.16. The van der Waals surface area contributed by atoms with Crippen LogP contribution in [0.1, 0.15) is 316 Å². The van der Waals surface area contributed by atoms with Crippen LogP contribution in [0.2, 0.25) is 0 Å². The van der Waals surface area contributed by atoms with Crippen molar-refractivity contribution in [2.75, 3.05) is 40.9 Å². The maximum absolute atomic E-state index is 13.6. The highest BCUT2D eigenvalue weighted by Gasteiger charge is 2.27. The number of esters is 1. The fraction of sp³-hybridized carbons (Fsp3) is 0.760. The number of ether oxygens (including phenoxy) is 1. The molecule has 0 bridgehead atoms. The van der Waals surface area contributed by atoms with Gasteiger partial charge < -0.3 is 28.5 Å². The van der Waals surface area contributed by atoms with Crippen LogP contribution in [-0.4, -0.2) is 69.4 Å². The maximum atomic E-state index is 13.6. The molecule has 0 saturated heterocycles. The van der Waals surface area contributed by atoms with E-state index in [0.717, 1.165) is 116 Å². The predicted octanol–water partition coefficient (Wildman–Crippen LogP) is 22.0. The van der Waals surface area contributed by atoms with Gasteiger partial charge in [-0.05, 0) is 109 Å². The number of hydrogen-bond donors (Lipinski definition) is 1. The Morgan fingerprint density at radius 2 is 0.753 bits per heavy atom. The fourth-order valence-electron chi connectivity index (χ4n) is 10.1. The molecule has 1 amide bonds. The number of amides is 1. The number of phosphoric ester groups is 1. The summed E-state index contributed by atoms with van der Waals surface area (Å²) in [6, 6.07) is -0.901. The van der Waals surface area contributed by atoms with E-state index < -0.39 is 26.6 Å². The van der Waals surface area contributed by atoms with Gasteiger partial charge in [0, 0.05) is 12.8 Å². The van der Waals surface area contributed by atoms with E-state index in [0.29, 0.717) is 23.9 Å². The third-order valence-corrected chi connectivity index (χ3v) is 16.5. The van der Waals surface area contributed by atoms with Crippen LogP contribution < -0.4 is 10.2 Å². The van der Waals surface area contributed by atoms with Gasteiger partial charge in [0.25, 0.3) is 7.82 Å². The molecule has 1 N–H and O–H groups in total. The minimum atomic E-state index is -4.71. The minimum absolute atomic E-state index is 0.0282. The van der Waals surface area contributed by atoms with Crippen molar-refractivity contribution in [3.63, 3.8) is 0 Å². The number of nitrogens with zero attached hydrogens (tertiary/aromatic N) is 1. The first-order valence-electron chi connectivity index (χ1n) is 35.5. The van der Waals surface area contributed by atoms with Gasteiger partial charge in [0.05, 0.1) is 33.8 Å². The smallest absolute Gasteiger partial charge is 0.306 e. The van der Waals surface area contributed by atoms with Crippen molar-refractivity contribution in [1.82, 2.24) is 5.32 Å². The zero-order valence-corrected chi connectivity index (χ0v) is 57.2. The van der Waals surface area contributed by atoms with Crippen molar-refractivity contribution in [3.05, 3.63) is 97.2 Å². The summed E-state index contributed by atoms with van der Waals surface area (Å²) in [5, 5.41) is 3.04. The molecule has 0 aromatic rings. The van der Waals surface area contributed by atoms with Gasteiger partial charge in [-0.3, -0.25) is 14.2 Å². The number of likely N-dealkylation sites (N-methyl/N-ethyl adjacent to an activating group) is 1.